The predicted octanol–water partition coefficient (Wildman–Crippen LogP) is 0.105. The molecule has 1 fully saturated rings. The van der Waals surface area contributed by atoms with E-state index in [2.05, 4.69) is 5.32 Å². The lowest BCUT2D eigenvalue weighted by molar-refractivity contribution is -0.135. The summed E-state index contributed by atoms with van der Waals surface area (Å²) in [6, 6.07) is 1.71. The number of nitrogens with one attached hydrogen (secondary N) is 2. The highest BCUT2D eigenvalue weighted by atomic mass is 19.1. The number of carbonyl (C=O) groups is 3. The molecular weight excluding hydrogens is 272 g/mol. The Bertz CT molecular complexity index is 565. The first-order chi connectivity index (χ1) is 9.42. The Morgan fingerprint density at radius 3 is 2.15 bits per heavy atom. The van der Waals surface area contributed by atoms with Crippen molar-refractivity contribution in [2.24, 2.45) is 0 Å². The lowest BCUT2D eigenvalue weighted by Gasteiger charge is -2.25. The monoisotopic (exact) mass is 283 g/mol. The average Bonchev–Trinajstić information content (AvgIpc) is 2.36. The Morgan fingerprint density at radius 2 is 1.70 bits per heavy atom. The van der Waals surface area contributed by atoms with Crippen molar-refractivity contribution in [3.05, 3.63) is 29.3 Å². The van der Waals surface area contributed by atoms with Gasteiger partial charge in [0.2, 0.25) is 11.8 Å². The minimum absolute atomic E-state index is 0.262. The summed E-state index contributed by atoms with van der Waals surface area (Å²) in [7, 11) is 1.34. The van der Waals surface area contributed by atoms with Crippen molar-refractivity contribution in [3.8, 4) is 0 Å². The predicted molar refractivity (Wildman–Crippen MR) is 65.0 cm³/mol. The van der Waals surface area contributed by atoms with Crippen LogP contribution < -0.4 is 10.6 Å². The molecule has 1 aromatic rings. The summed E-state index contributed by atoms with van der Waals surface area (Å²) in [5.41, 5.74) is -0.615. The van der Waals surface area contributed by atoms with Gasteiger partial charge in [-0.3, -0.25) is 19.7 Å². The fraction of sp³-hybridized carbons (Fsp3) is 0.250. The smallest absolute Gasteiger partial charge is 0.255 e. The van der Waals surface area contributed by atoms with Gasteiger partial charge in [0.1, 0.15) is 30.4 Å². The second-order valence-corrected chi connectivity index (χ2v) is 4.20. The molecule has 1 heterocycles. The van der Waals surface area contributed by atoms with Crippen LogP contribution in [0.2, 0.25) is 0 Å². The Balaban J connectivity index is 2.29. The molecule has 0 saturated carbocycles. The molecule has 0 bridgehead atoms. The summed E-state index contributed by atoms with van der Waals surface area (Å²) in [5.74, 6) is -3.91. The van der Waals surface area contributed by atoms with Crippen LogP contribution in [0.1, 0.15) is 10.4 Å². The van der Waals surface area contributed by atoms with Crippen LogP contribution >= 0.6 is 0 Å². The van der Waals surface area contributed by atoms with Gasteiger partial charge < -0.3 is 10.2 Å². The molecule has 1 aromatic carbocycles. The highest BCUT2D eigenvalue weighted by Crippen LogP contribution is 2.21. The summed E-state index contributed by atoms with van der Waals surface area (Å²) in [5, 5.41) is 4.36. The van der Waals surface area contributed by atoms with E-state index in [1.807, 2.05) is 5.32 Å². The maximum atomic E-state index is 13.6. The third kappa shape index (κ3) is 2.58. The number of imide groups is 1. The van der Waals surface area contributed by atoms with Crippen LogP contribution in [0.3, 0.4) is 0 Å². The molecule has 0 spiro atoms. The molecule has 6 nitrogen and oxygen atoms in total. The minimum atomic E-state index is -0.927. The van der Waals surface area contributed by atoms with E-state index in [1.165, 1.54) is 7.05 Å². The first-order valence-electron chi connectivity index (χ1n) is 5.71. The summed E-state index contributed by atoms with van der Waals surface area (Å²) in [4.78, 5) is 35.3. The SMILES string of the molecule is CNc1c(F)cc(C(=O)N2CC(=O)NC(=O)C2)cc1F. The number of hydrogen-bond donors (Lipinski definition) is 2. The molecule has 106 valence electrons. The highest BCUT2D eigenvalue weighted by molar-refractivity contribution is 6.05. The number of carbonyl (C=O) groups excluding carboxylic acids is 3. The van der Waals surface area contributed by atoms with Crippen LogP contribution in [0.5, 0.6) is 0 Å². The first-order valence-corrected chi connectivity index (χ1v) is 5.71. The summed E-state index contributed by atoms with van der Waals surface area (Å²) in [6.07, 6.45) is 0. The van der Waals surface area contributed by atoms with Gasteiger partial charge in [-0.1, -0.05) is 0 Å². The summed E-state index contributed by atoms with van der Waals surface area (Å²) < 4.78 is 27.1. The number of nitrogens with zero attached hydrogens (tertiary/aromatic N) is 1. The Hall–Kier alpha value is -2.51. The second kappa shape index (κ2) is 5.24. The van der Waals surface area contributed by atoms with Crippen LogP contribution in [-0.4, -0.2) is 42.8 Å². The Labute approximate surface area is 112 Å². The van der Waals surface area contributed by atoms with Crippen LogP contribution in [0.4, 0.5) is 14.5 Å². The largest absolute Gasteiger partial charge is 0.383 e. The maximum Gasteiger partial charge on any atom is 0.255 e. The lowest BCUT2D eigenvalue weighted by atomic mass is 10.1. The van der Waals surface area contributed by atoms with Crippen molar-refractivity contribution >= 4 is 23.4 Å². The van der Waals surface area contributed by atoms with E-state index >= 15 is 0 Å². The topological polar surface area (TPSA) is 78.5 Å². The first kappa shape index (κ1) is 13.9. The zero-order chi connectivity index (χ0) is 14.9. The number of benzene rings is 1. The van der Waals surface area contributed by atoms with Crippen LogP contribution in [0.15, 0.2) is 12.1 Å². The fourth-order valence-electron chi connectivity index (χ4n) is 1.90. The maximum absolute atomic E-state index is 13.6. The molecule has 0 radical (unpaired) electrons. The normalized spacial score (nSPS) is 15.1. The third-order valence-corrected chi connectivity index (χ3v) is 2.77. The highest BCUT2D eigenvalue weighted by Gasteiger charge is 2.28. The Kier molecular flexibility index (Phi) is 3.64. The summed E-state index contributed by atoms with van der Waals surface area (Å²) >= 11 is 0. The number of hydrogen-bond acceptors (Lipinski definition) is 4. The molecule has 1 aliphatic rings. The van der Waals surface area contributed by atoms with E-state index < -0.39 is 29.4 Å². The van der Waals surface area contributed by atoms with Crippen molar-refractivity contribution in [1.29, 1.82) is 0 Å². The van der Waals surface area contributed by atoms with Gasteiger partial charge in [-0.2, -0.15) is 0 Å². The zero-order valence-corrected chi connectivity index (χ0v) is 10.5. The van der Waals surface area contributed by atoms with Crippen molar-refractivity contribution in [3.63, 3.8) is 0 Å². The van der Waals surface area contributed by atoms with Crippen molar-refractivity contribution in [2.45, 2.75) is 0 Å². The molecule has 2 rings (SSSR count). The van der Waals surface area contributed by atoms with Gasteiger partial charge in [0.25, 0.3) is 5.91 Å². The van der Waals surface area contributed by atoms with Crippen molar-refractivity contribution in [2.75, 3.05) is 25.5 Å². The molecular formula is C12H11F2N3O3. The van der Waals surface area contributed by atoms with E-state index in [4.69, 9.17) is 0 Å². The van der Waals surface area contributed by atoms with E-state index in [1.54, 1.807) is 0 Å². The number of halogens is 2. The fourth-order valence-corrected chi connectivity index (χ4v) is 1.90. The molecule has 3 amide bonds. The molecule has 0 aromatic heterocycles. The third-order valence-electron chi connectivity index (χ3n) is 2.77. The molecule has 0 atom stereocenters. The number of piperazine rings is 1. The molecule has 1 saturated heterocycles. The molecule has 8 heteroatoms. The van der Waals surface area contributed by atoms with E-state index in [-0.39, 0.29) is 24.3 Å². The van der Waals surface area contributed by atoms with Gasteiger partial charge in [0.15, 0.2) is 0 Å². The number of amides is 3. The van der Waals surface area contributed by atoms with Crippen LogP contribution in [-0.2, 0) is 9.59 Å². The van der Waals surface area contributed by atoms with Gasteiger partial charge >= 0.3 is 0 Å². The number of anilines is 1. The average molecular weight is 283 g/mol. The zero-order valence-electron chi connectivity index (χ0n) is 10.5. The van der Waals surface area contributed by atoms with Gasteiger partial charge in [0, 0.05) is 12.6 Å². The molecule has 0 unspecified atom stereocenters. The Morgan fingerprint density at radius 1 is 1.20 bits per heavy atom. The van der Waals surface area contributed by atoms with Crippen molar-refractivity contribution < 1.29 is 23.2 Å². The number of rotatable bonds is 2. The molecule has 1 aliphatic heterocycles. The van der Waals surface area contributed by atoms with E-state index in [0.717, 1.165) is 17.0 Å². The molecule has 0 aliphatic carbocycles. The van der Waals surface area contributed by atoms with Gasteiger partial charge in [0.05, 0.1) is 0 Å². The van der Waals surface area contributed by atoms with E-state index in [0.29, 0.717) is 0 Å². The quantitative estimate of drug-likeness (QED) is 0.755. The second-order valence-electron chi connectivity index (χ2n) is 4.20. The van der Waals surface area contributed by atoms with Crippen LogP contribution in [0.25, 0.3) is 0 Å². The minimum Gasteiger partial charge on any atom is -0.383 e. The van der Waals surface area contributed by atoms with Gasteiger partial charge in [-0.15, -0.1) is 0 Å². The van der Waals surface area contributed by atoms with Crippen LogP contribution in [0, 0.1) is 11.6 Å². The summed E-state index contributed by atoms with van der Waals surface area (Å²) in [6.45, 7) is -0.664. The lowest BCUT2D eigenvalue weighted by Crippen LogP contribution is -2.53. The van der Waals surface area contributed by atoms with Gasteiger partial charge in [-0.05, 0) is 12.1 Å². The van der Waals surface area contributed by atoms with Crippen molar-refractivity contribution in [1.82, 2.24) is 10.2 Å². The molecule has 2 N–H and O–H groups in total. The van der Waals surface area contributed by atoms with Gasteiger partial charge in [-0.25, -0.2) is 8.78 Å². The molecule has 20 heavy (non-hydrogen) atoms. The van der Waals surface area contributed by atoms with E-state index in [9.17, 15) is 23.2 Å². The standard InChI is InChI=1S/C12H11F2N3O3/c1-15-11-7(13)2-6(3-8(11)14)12(20)17-4-9(18)16-10(19)5-17/h2-3,15H,4-5H2,1H3,(H,16,18,19).